The van der Waals surface area contributed by atoms with Gasteiger partial charge in [0.1, 0.15) is 0 Å². The van der Waals surface area contributed by atoms with E-state index in [1.54, 1.807) is 0 Å². The average molecular weight is 219 g/mol. The molecule has 1 atom stereocenters. The molecule has 1 rings (SSSR count). The van der Waals surface area contributed by atoms with Crippen LogP contribution in [0.2, 0.25) is 0 Å². The molecule has 2 heteroatoms. The maximum atomic E-state index is 8.78. The molecule has 0 aliphatic carbocycles. The maximum Gasteiger partial charge on any atom is 0.0445 e. The zero-order valence-electron chi connectivity index (χ0n) is 10.1. The van der Waals surface area contributed by atoms with Gasteiger partial charge in [0.25, 0.3) is 0 Å². The molecule has 0 spiro atoms. The van der Waals surface area contributed by atoms with Crippen LogP contribution in [0.25, 0.3) is 6.08 Å². The molecule has 0 saturated heterocycles. The van der Waals surface area contributed by atoms with Crippen LogP contribution in [0.3, 0.4) is 0 Å². The standard InChI is InChI=1S/C14H21NO/c1-12(11-15-13(2)8-9-16)10-14-6-4-3-5-7-14/h3-7,10,13,15-16H,8-9,11H2,1-2H3/b12-10+/t13-/m1/s1. The number of rotatable bonds is 6. The Morgan fingerprint density at radius 3 is 2.69 bits per heavy atom. The van der Waals surface area contributed by atoms with Crippen LogP contribution in [0.4, 0.5) is 0 Å². The second kappa shape index (κ2) is 7.20. The molecule has 0 amide bonds. The monoisotopic (exact) mass is 219 g/mol. The van der Waals surface area contributed by atoms with Crippen molar-refractivity contribution in [2.45, 2.75) is 26.3 Å². The lowest BCUT2D eigenvalue weighted by Gasteiger charge is -2.12. The number of aliphatic hydroxyl groups is 1. The summed E-state index contributed by atoms with van der Waals surface area (Å²) in [7, 11) is 0. The van der Waals surface area contributed by atoms with E-state index in [2.05, 4.69) is 37.4 Å². The minimum Gasteiger partial charge on any atom is -0.396 e. The normalized spacial score (nSPS) is 13.8. The van der Waals surface area contributed by atoms with E-state index < -0.39 is 0 Å². The summed E-state index contributed by atoms with van der Waals surface area (Å²) >= 11 is 0. The Bertz CT molecular complexity index is 319. The van der Waals surface area contributed by atoms with Gasteiger partial charge in [-0.15, -0.1) is 0 Å². The highest BCUT2D eigenvalue weighted by Gasteiger charge is 1.99. The van der Waals surface area contributed by atoms with Crippen LogP contribution < -0.4 is 5.32 Å². The summed E-state index contributed by atoms with van der Waals surface area (Å²) in [4.78, 5) is 0. The highest BCUT2D eigenvalue weighted by molar-refractivity contribution is 5.52. The Labute approximate surface area is 98.0 Å². The second-order valence-electron chi connectivity index (χ2n) is 4.20. The van der Waals surface area contributed by atoms with Gasteiger partial charge in [-0.1, -0.05) is 42.0 Å². The molecule has 0 saturated carbocycles. The second-order valence-corrected chi connectivity index (χ2v) is 4.20. The van der Waals surface area contributed by atoms with Crippen molar-refractivity contribution >= 4 is 6.08 Å². The number of nitrogens with one attached hydrogen (secondary N) is 1. The summed E-state index contributed by atoms with van der Waals surface area (Å²) in [6, 6.07) is 10.7. The summed E-state index contributed by atoms with van der Waals surface area (Å²) in [5.74, 6) is 0. The fourth-order valence-corrected chi connectivity index (χ4v) is 1.52. The molecule has 0 unspecified atom stereocenters. The first-order valence-electron chi connectivity index (χ1n) is 5.79. The van der Waals surface area contributed by atoms with Crippen molar-refractivity contribution in [2.24, 2.45) is 0 Å². The smallest absolute Gasteiger partial charge is 0.0445 e. The summed E-state index contributed by atoms with van der Waals surface area (Å²) in [6.07, 6.45) is 2.98. The van der Waals surface area contributed by atoms with Crippen molar-refractivity contribution in [2.75, 3.05) is 13.2 Å². The molecular weight excluding hydrogens is 198 g/mol. The third kappa shape index (κ3) is 5.10. The van der Waals surface area contributed by atoms with Gasteiger partial charge in [0.05, 0.1) is 0 Å². The molecule has 0 aromatic heterocycles. The minimum atomic E-state index is 0.246. The molecule has 0 aliphatic heterocycles. The Kier molecular flexibility index (Phi) is 5.83. The number of hydrogen-bond acceptors (Lipinski definition) is 2. The van der Waals surface area contributed by atoms with Crippen LogP contribution in [-0.2, 0) is 0 Å². The van der Waals surface area contributed by atoms with Crippen LogP contribution in [-0.4, -0.2) is 24.3 Å². The third-order valence-electron chi connectivity index (χ3n) is 2.50. The lowest BCUT2D eigenvalue weighted by Crippen LogP contribution is -2.28. The number of aliphatic hydroxyl groups excluding tert-OH is 1. The summed E-state index contributed by atoms with van der Waals surface area (Å²) in [6.45, 7) is 5.32. The molecule has 16 heavy (non-hydrogen) atoms. The molecular formula is C14H21NO. The quantitative estimate of drug-likeness (QED) is 0.770. The van der Waals surface area contributed by atoms with Gasteiger partial charge in [0.2, 0.25) is 0 Å². The predicted octanol–water partition coefficient (Wildman–Crippen LogP) is 2.45. The zero-order valence-corrected chi connectivity index (χ0v) is 10.1. The van der Waals surface area contributed by atoms with Gasteiger partial charge in [-0.2, -0.15) is 0 Å². The zero-order chi connectivity index (χ0) is 11.8. The van der Waals surface area contributed by atoms with Crippen molar-refractivity contribution in [3.63, 3.8) is 0 Å². The van der Waals surface area contributed by atoms with Crippen molar-refractivity contribution in [1.29, 1.82) is 0 Å². The van der Waals surface area contributed by atoms with Crippen molar-refractivity contribution in [1.82, 2.24) is 5.32 Å². The molecule has 88 valence electrons. The highest BCUT2D eigenvalue weighted by atomic mass is 16.3. The van der Waals surface area contributed by atoms with Crippen molar-refractivity contribution in [3.05, 3.63) is 41.5 Å². The predicted molar refractivity (Wildman–Crippen MR) is 69.3 cm³/mol. The van der Waals surface area contributed by atoms with Gasteiger partial charge >= 0.3 is 0 Å². The van der Waals surface area contributed by atoms with E-state index in [1.165, 1.54) is 11.1 Å². The van der Waals surface area contributed by atoms with Crippen LogP contribution in [0.1, 0.15) is 25.8 Å². The minimum absolute atomic E-state index is 0.246. The molecule has 0 radical (unpaired) electrons. The average Bonchev–Trinajstić information content (AvgIpc) is 2.28. The fraction of sp³-hybridized carbons (Fsp3) is 0.429. The van der Waals surface area contributed by atoms with Gasteiger partial charge in [-0.05, 0) is 25.8 Å². The van der Waals surface area contributed by atoms with E-state index >= 15 is 0 Å². The van der Waals surface area contributed by atoms with E-state index in [0.29, 0.717) is 6.04 Å². The van der Waals surface area contributed by atoms with Gasteiger partial charge in [-0.25, -0.2) is 0 Å². The molecule has 0 fully saturated rings. The Hall–Kier alpha value is -1.12. The molecule has 2 N–H and O–H groups in total. The third-order valence-corrected chi connectivity index (χ3v) is 2.50. The SMILES string of the molecule is C/C(=C\c1ccccc1)CN[C@H](C)CCO. The van der Waals surface area contributed by atoms with Crippen molar-refractivity contribution < 1.29 is 5.11 Å². The van der Waals surface area contributed by atoms with Gasteiger partial charge in [0, 0.05) is 19.2 Å². The first kappa shape index (κ1) is 12.9. The van der Waals surface area contributed by atoms with E-state index in [9.17, 15) is 0 Å². The lowest BCUT2D eigenvalue weighted by molar-refractivity contribution is 0.270. The highest BCUT2D eigenvalue weighted by Crippen LogP contribution is 2.05. The molecule has 0 aliphatic rings. The Morgan fingerprint density at radius 2 is 2.06 bits per heavy atom. The van der Waals surface area contributed by atoms with Gasteiger partial charge in [0.15, 0.2) is 0 Å². The van der Waals surface area contributed by atoms with E-state index in [1.807, 2.05) is 18.2 Å². The largest absolute Gasteiger partial charge is 0.396 e. The van der Waals surface area contributed by atoms with Crippen LogP contribution in [0.15, 0.2) is 35.9 Å². The summed E-state index contributed by atoms with van der Waals surface area (Å²) in [5.41, 5.74) is 2.53. The molecule has 2 nitrogen and oxygen atoms in total. The van der Waals surface area contributed by atoms with Gasteiger partial charge < -0.3 is 10.4 Å². The van der Waals surface area contributed by atoms with Crippen molar-refractivity contribution in [3.8, 4) is 0 Å². The summed E-state index contributed by atoms with van der Waals surface area (Å²) in [5, 5.41) is 12.2. The van der Waals surface area contributed by atoms with E-state index in [0.717, 1.165) is 13.0 Å². The van der Waals surface area contributed by atoms with E-state index in [-0.39, 0.29) is 6.61 Å². The van der Waals surface area contributed by atoms with Gasteiger partial charge in [-0.3, -0.25) is 0 Å². The lowest BCUT2D eigenvalue weighted by atomic mass is 10.1. The molecule has 0 bridgehead atoms. The number of hydrogen-bond donors (Lipinski definition) is 2. The molecule has 1 aromatic carbocycles. The Balaban J connectivity index is 2.40. The first-order chi connectivity index (χ1) is 7.72. The van der Waals surface area contributed by atoms with E-state index in [4.69, 9.17) is 5.11 Å². The molecule has 1 aromatic rings. The van der Waals surface area contributed by atoms with Crippen LogP contribution in [0.5, 0.6) is 0 Å². The Morgan fingerprint density at radius 1 is 1.38 bits per heavy atom. The van der Waals surface area contributed by atoms with Crippen LogP contribution in [0, 0.1) is 0 Å². The summed E-state index contributed by atoms with van der Waals surface area (Å²) < 4.78 is 0. The fourth-order valence-electron chi connectivity index (χ4n) is 1.52. The number of benzene rings is 1. The maximum absolute atomic E-state index is 8.78. The molecule has 0 heterocycles. The first-order valence-corrected chi connectivity index (χ1v) is 5.79. The topological polar surface area (TPSA) is 32.3 Å². The van der Waals surface area contributed by atoms with Crippen LogP contribution >= 0.6 is 0 Å².